The Morgan fingerprint density at radius 1 is 0.524 bits per heavy atom. The minimum atomic E-state index is -0.118. The summed E-state index contributed by atoms with van der Waals surface area (Å²) in [5, 5.41) is 0. The van der Waals surface area contributed by atoms with Crippen LogP contribution in [0.1, 0.15) is 101 Å². The highest BCUT2D eigenvalue weighted by Gasteiger charge is 2.12. The van der Waals surface area contributed by atoms with E-state index in [1.54, 1.807) is 7.11 Å². The van der Waals surface area contributed by atoms with E-state index in [4.69, 9.17) is 4.74 Å². The van der Waals surface area contributed by atoms with Crippen molar-refractivity contribution in [2.75, 3.05) is 7.11 Å². The third-order valence-corrected chi connectivity index (χ3v) is 6.67. The van der Waals surface area contributed by atoms with Gasteiger partial charge in [0, 0.05) is 7.11 Å². The van der Waals surface area contributed by atoms with E-state index in [2.05, 4.69) is 173 Å². The van der Waals surface area contributed by atoms with Crippen molar-refractivity contribution in [3.8, 4) is 0 Å². The lowest BCUT2D eigenvalue weighted by Crippen LogP contribution is -2.20. The quantitative estimate of drug-likeness (QED) is 0.118. The van der Waals surface area contributed by atoms with Gasteiger partial charge in [0.2, 0.25) is 0 Å². The maximum Gasteiger partial charge on any atom is 0.0657 e. The topological polar surface area (TPSA) is 9.23 Å². The molecule has 0 saturated heterocycles. The van der Waals surface area contributed by atoms with E-state index >= 15 is 0 Å². The standard InChI is InChI=1S/C41H60O/c1-34(2)20-14-23-37(5)26-17-29-38(6)27-15-24-35(3)21-12-13-22-36(4)25-16-28-39(7)30-18-31-40(8)32-19-33-41(9,10)42-11/h12-13,15-16,18-22,24-28,30-32H,14,17,23,29,33H2,1-11H3/b13-12+,24-15-,25-16+,30-18+,32-19+,35-21-,36-22+,37-26-,38-27-,39-28+,40-31+. The van der Waals surface area contributed by atoms with Crippen LogP contribution in [-0.4, -0.2) is 12.7 Å². The van der Waals surface area contributed by atoms with Crippen molar-refractivity contribution < 1.29 is 4.74 Å². The van der Waals surface area contributed by atoms with Crippen LogP contribution < -0.4 is 0 Å². The molecule has 0 aliphatic rings. The van der Waals surface area contributed by atoms with Crippen LogP contribution in [0.2, 0.25) is 0 Å². The summed E-state index contributed by atoms with van der Waals surface area (Å²) < 4.78 is 5.45. The predicted molar refractivity (Wildman–Crippen MR) is 192 cm³/mol. The number of hydrogen-bond donors (Lipinski definition) is 0. The number of ether oxygens (including phenoxy) is 1. The van der Waals surface area contributed by atoms with Gasteiger partial charge in [-0.2, -0.15) is 0 Å². The minimum Gasteiger partial charge on any atom is -0.378 e. The lowest BCUT2D eigenvalue weighted by atomic mass is 10.0. The molecule has 0 aromatic rings. The molecule has 0 aromatic heterocycles. The van der Waals surface area contributed by atoms with Crippen LogP contribution >= 0.6 is 0 Å². The van der Waals surface area contributed by atoms with Gasteiger partial charge in [-0.05, 0) is 101 Å². The first-order chi connectivity index (χ1) is 19.8. The van der Waals surface area contributed by atoms with Gasteiger partial charge in [-0.3, -0.25) is 0 Å². The molecule has 0 fully saturated rings. The molecule has 0 aromatic carbocycles. The Hall–Kier alpha value is -3.16. The summed E-state index contributed by atoms with van der Waals surface area (Å²) in [7, 11) is 1.76. The highest BCUT2D eigenvalue weighted by Crippen LogP contribution is 2.14. The van der Waals surface area contributed by atoms with Crippen molar-refractivity contribution in [3.05, 3.63) is 142 Å². The molecule has 0 unspecified atom stereocenters. The summed E-state index contributed by atoms with van der Waals surface area (Å²) in [5.74, 6) is 0. The Morgan fingerprint density at radius 3 is 1.45 bits per heavy atom. The zero-order valence-electron chi connectivity index (χ0n) is 28.8. The summed E-state index contributed by atoms with van der Waals surface area (Å²) in [6, 6.07) is 0. The zero-order chi connectivity index (χ0) is 31.8. The molecule has 0 rings (SSSR count). The van der Waals surface area contributed by atoms with Crippen molar-refractivity contribution in [3.63, 3.8) is 0 Å². The van der Waals surface area contributed by atoms with Gasteiger partial charge in [-0.15, -0.1) is 0 Å². The fourth-order valence-corrected chi connectivity index (χ4v) is 3.64. The monoisotopic (exact) mass is 568 g/mol. The number of hydrogen-bond acceptors (Lipinski definition) is 1. The van der Waals surface area contributed by atoms with Crippen LogP contribution in [0.15, 0.2) is 142 Å². The summed E-state index contributed by atoms with van der Waals surface area (Å²) in [6.45, 7) is 21.5. The zero-order valence-corrected chi connectivity index (χ0v) is 28.8. The van der Waals surface area contributed by atoms with E-state index in [1.165, 1.54) is 39.0 Å². The van der Waals surface area contributed by atoms with Gasteiger partial charge in [0.1, 0.15) is 0 Å². The third kappa shape index (κ3) is 24.6. The SMILES string of the molecule is COC(C)(C)C/C=C/C(C)=C/C=C/C(C)=C/C=C/C(C)=C/C=C/C=C(C)\C=C/C=C(/C)CC/C=C(/C)CCC=C(C)C. The lowest BCUT2D eigenvalue weighted by Gasteiger charge is -2.20. The molecule has 0 amide bonds. The van der Waals surface area contributed by atoms with Gasteiger partial charge in [0.15, 0.2) is 0 Å². The number of rotatable bonds is 18. The smallest absolute Gasteiger partial charge is 0.0657 e. The Bertz CT molecular complexity index is 1150. The average molecular weight is 569 g/mol. The molecule has 1 nitrogen and oxygen atoms in total. The fraction of sp³-hybridized carbons (Fsp3) is 0.415. The molecule has 0 bridgehead atoms. The van der Waals surface area contributed by atoms with E-state index in [9.17, 15) is 0 Å². The molecule has 0 N–H and O–H groups in total. The summed E-state index contributed by atoms with van der Waals surface area (Å²) in [6.07, 6.45) is 42.2. The molecule has 0 saturated carbocycles. The molecule has 42 heavy (non-hydrogen) atoms. The predicted octanol–water partition coefficient (Wildman–Crippen LogP) is 12.8. The van der Waals surface area contributed by atoms with E-state index in [0.29, 0.717) is 0 Å². The van der Waals surface area contributed by atoms with E-state index in [-0.39, 0.29) is 5.60 Å². The second-order valence-corrected chi connectivity index (χ2v) is 12.1. The molecule has 0 spiro atoms. The first kappa shape index (κ1) is 38.8. The molecule has 230 valence electrons. The second kappa shape index (κ2) is 23.4. The number of allylic oxidation sites excluding steroid dienone is 23. The van der Waals surface area contributed by atoms with Gasteiger partial charge in [-0.1, -0.05) is 142 Å². The summed E-state index contributed by atoms with van der Waals surface area (Å²) >= 11 is 0. The first-order valence-electron chi connectivity index (χ1n) is 15.4. The van der Waals surface area contributed by atoms with Crippen molar-refractivity contribution in [1.29, 1.82) is 0 Å². The third-order valence-electron chi connectivity index (χ3n) is 6.67. The molecular weight excluding hydrogens is 508 g/mol. The van der Waals surface area contributed by atoms with Crippen LogP contribution in [0.4, 0.5) is 0 Å². The van der Waals surface area contributed by atoms with Crippen LogP contribution in [0, 0.1) is 0 Å². The van der Waals surface area contributed by atoms with Crippen LogP contribution in [-0.2, 0) is 4.74 Å². The molecule has 0 aliphatic carbocycles. The molecule has 0 heterocycles. The van der Waals surface area contributed by atoms with Gasteiger partial charge in [0.05, 0.1) is 5.60 Å². The van der Waals surface area contributed by atoms with E-state index < -0.39 is 0 Å². The fourth-order valence-electron chi connectivity index (χ4n) is 3.64. The van der Waals surface area contributed by atoms with Gasteiger partial charge < -0.3 is 4.74 Å². The molecule has 0 atom stereocenters. The first-order valence-corrected chi connectivity index (χ1v) is 15.4. The maximum atomic E-state index is 5.45. The highest BCUT2D eigenvalue weighted by molar-refractivity contribution is 5.32. The van der Waals surface area contributed by atoms with E-state index in [0.717, 1.165) is 32.1 Å². The largest absolute Gasteiger partial charge is 0.378 e. The van der Waals surface area contributed by atoms with Crippen LogP contribution in [0.5, 0.6) is 0 Å². The minimum absolute atomic E-state index is 0.118. The maximum absolute atomic E-state index is 5.45. The van der Waals surface area contributed by atoms with E-state index in [1.807, 2.05) is 0 Å². The Morgan fingerprint density at radius 2 is 0.952 bits per heavy atom. The number of methoxy groups -OCH3 is 1. The molecular formula is C41H60O. The van der Waals surface area contributed by atoms with Crippen LogP contribution in [0.3, 0.4) is 0 Å². The highest BCUT2D eigenvalue weighted by atomic mass is 16.5. The van der Waals surface area contributed by atoms with Crippen molar-refractivity contribution in [2.24, 2.45) is 0 Å². The van der Waals surface area contributed by atoms with Crippen molar-refractivity contribution in [2.45, 2.75) is 107 Å². The molecule has 1 heteroatoms. The normalized spacial score (nSPS) is 15.5. The van der Waals surface area contributed by atoms with Gasteiger partial charge in [-0.25, -0.2) is 0 Å². The average Bonchev–Trinajstić information content (AvgIpc) is 2.91. The second-order valence-electron chi connectivity index (χ2n) is 12.1. The Balaban J connectivity index is 4.66. The Kier molecular flexibility index (Phi) is 21.6. The van der Waals surface area contributed by atoms with Crippen molar-refractivity contribution in [1.82, 2.24) is 0 Å². The van der Waals surface area contributed by atoms with Gasteiger partial charge >= 0.3 is 0 Å². The summed E-state index contributed by atoms with van der Waals surface area (Å²) in [4.78, 5) is 0. The summed E-state index contributed by atoms with van der Waals surface area (Å²) in [5.41, 5.74) is 9.06. The van der Waals surface area contributed by atoms with Crippen molar-refractivity contribution >= 4 is 0 Å². The molecule has 0 radical (unpaired) electrons. The van der Waals surface area contributed by atoms with Gasteiger partial charge in [0.25, 0.3) is 0 Å². The lowest BCUT2D eigenvalue weighted by molar-refractivity contribution is 0.0255. The Labute approximate surface area is 260 Å². The van der Waals surface area contributed by atoms with Crippen LogP contribution in [0.25, 0.3) is 0 Å². The molecule has 0 aliphatic heterocycles.